The molecule has 0 aliphatic carbocycles. The maximum atomic E-state index is 10.5. The van der Waals surface area contributed by atoms with Gasteiger partial charge >= 0.3 is 0 Å². The number of unbranched alkanes of at least 4 members (excludes halogenated alkanes) is 2. The molecule has 1 nitrogen and oxygen atoms in total. The molecule has 74 valence electrons. The monoisotopic (exact) mass is 188 g/mol. The molecule has 0 unspecified atom stereocenters. The number of allylic oxidation sites excluding steroid dienone is 1. The molecule has 0 aromatic heterocycles. The maximum absolute atomic E-state index is 10.5. The molecular weight excluding hydrogens is 172 g/mol. The molecule has 0 spiro atoms. The average Bonchev–Trinajstić information content (AvgIpc) is 2.25. The fourth-order valence-corrected chi connectivity index (χ4v) is 1.28. The number of benzene rings is 1. The van der Waals surface area contributed by atoms with Gasteiger partial charge in [-0.05, 0) is 18.1 Å². The van der Waals surface area contributed by atoms with Crippen molar-refractivity contribution in [3.8, 4) is 0 Å². The molecule has 0 N–H and O–H groups in total. The summed E-state index contributed by atoms with van der Waals surface area (Å²) in [5.74, 6) is 0. The van der Waals surface area contributed by atoms with Gasteiger partial charge in [-0.3, -0.25) is 4.79 Å². The summed E-state index contributed by atoms with van der Waals surface area (Å²) in [6.45, 7) is 2.18. The van der Waals surface area contributed by atoms with Gasteiger partial charge in [-0.25, -0.2) is 0 Å². The Kier molecular flexibility index (Phi) is 4.70. The van der Waals surface area contributed by atoms with Gasteiger partial charge in [0.1, 0.15) is 6.29 Å². The Labute approximate surface area is 85.5 Å². The van der Waals surface area contributed by atoms with Crippen molar-refractivity contribution in [2.24, 2.45) is 0 Å². The third-order valence-corrected chi connectivity index (χ3v) is 2.08. The van der Waals surface area contributed by atoms with Gasteiger partial charge in [0.05, 0.1) is 0 Å². The third-order valence-electron chi connectivity index (χ3n) is 2.08. The van der Waals surface area contributed by atoms with Crippen LogP contribution in [0, 0.1) is 0 Å². The molecule has 0 saturated carbocycles. The van der Waals surface area contributed by atoms with Crippen LogP contribution in [0.25, 0.3) is 6.08 Å². The Morgan fingerprint density at radius 3 is 2.79 bits per heavy atom. The van der Waals surface area contributed by atoms with Crippen LogP contribution in [0.1, 0.15) is 42.1 Å². The van der Waals surface area contributed by atoms with Crippen molar-refractivity contribution >= 4 is 12.4 Å². The lowest BCUT2D eigenvalue weighted by atomic mass is 10.1. The number of aldehydes is 1. The minimum absolute atomic E-state index is 0.739. The van der Waals surface area contributed by atoms with E-state index in [9.17, 15) is 4.79 Å². The first kappa shape index (κ1) is 10.7. The van der Waals surface area contributed by atoms with E-state index in [-0.39, 0.29) is 0 Å². The lowest BCUT2D eigenvalue weighted by Gasteiger charge is -1.94. The summed E-state index contributed by atoms with van der Waals surface area (Å²) in [6, 6.07) is 7.63. The van der Waals surface area contributed by atoms with Gasteiger partial charge in [0.15, 0.2) is 0 Å². The van der Waals surface area contributed by atoms with E-state index in [0.29, 0.717) is 0 Å². The highest BCUT2D eigenvalue weighted by molar-refractivity contribution is 5.76. The molecule has 1 heteroatoms. The van der Waals surface area contributed by atoms with E-state index in [1.807, 2.05) is 24.3 Å². The first-order valence-corrected chi connectivity index (χ1v) is 5.08. The Hall–Kier alpha value is -1.37. The van der Waals surface area contributed by atoms with Crippen molar-refractivity contribution in [1.82, 2.24) is 0 Å². The zero-order valence-corrected chi connectivity index (χ0v) is 8.57. The van der Waals surface area contributed by atoms with Gasteiger partial charge in [-0.1, -0.05) is 50.1 Å². The van der Waals surface area contributed by atoms with Crippen LogP contribution >= 0.6 is 0 Å². The van der Waals surface area contributed by atoms with Crippen LogP contribution < -0.4 is 0 Å². The molecule has 1 aromatic rings. The maximum Gasteiger partial charge on any atom is 0.150 e. The Morgan fingerprint density at radius 2 is 2.07 bits per heavy atom. The lowest BCUT2D eigenvalue weighted by molar-refractivity contribution is 0.112. The number of hydrogen-bond donors (Lipinski definition) is 0. The molecule has 0 heterocycles. The van der Waals surface area contributed by atoms with E-state index in [4.69, 9.17) is 0 Å². The SMILES string of the molecule is CCCCC=Cc1cccc(C=O)c1. The molecule has 0 bridgehead atoms. The highest BCUT2D eigenvalue weighted by atomic mass is 16.1. The molecule has 0 amide bonds. The molecule has 1 aromatic carbocycles. The summed E-state index contributed by atoms with van der Waals surface area (Å²) in [5.41, 5.74) is 1.84. The van der Waals surface area contributed by atoms with Gasteiger partial charge in [0.2, 0.25) is 0 Å². The standard InChI is InChI=1S/C13H16O/c1-2-3-4-5-7-12-8-6-9-13(10-12)11-14/h5-11H,2-4H2,1H3. The molecule has 0 radical (unpaired) electrons. The Bertz CT molecular complexity index is 313. The molecule has 0 aliphatic rings. The molecule has 0 aliphatic heterocycles. The van der Waals surface area contributed by atoms with Crippen LogP contribution in [0.3, 0.4) is 0 Å². The van der Waals surface area contributed by atoms with E-state index < -0.39 is 0 Å². The van der Waals surface area contributed by atoms with Crippen molar-refractivity contribution in [2.45, 2.75) is 26.2 Å². The molecular formula is C13H16O. The van der Waals surface area contributed by atoms with Crippen LogP contribution in [0.4, 0.5) is 0 Å². The Balaban J connectivity index is 2.57. The van der Waals surface area contributed by atoms with Crippen molar-refractivity contribution in [3.63, 3.8) is 0 Å². The number of rotatable bonds is 5. The fourth-order valence-electron chi connectivity index (χ4n) is 1.28. The molecule has 14 heavy (non-hydrogen) atoms. The second-order valence-corrected chi connectivity index (χ2v) is 3.33. The zero-order chi connectivity index (χ0) is 10.2. The second kappa shape index (κ2) is 6.14. The third kappa shape index (κ3) is 3.56. The summed E-state index contributed by atoms with van der Waals surface area (Å²) in [7, 11) is 0. The van der Waals surface area contributed by atoms with E-state index in [1.54, 1.807) is 0 Å². The van der Waals surface area contributed by atoms with Gasteiger partial charge in [0, 0.05) is 5.56 Å². The predicted octanol–water partition coefficient (Wildman–Crippen LogP) is 3.70. The van der Waals surface area contributed by atoms with Crippen LogP contribution in [0.5, 0.6) is 0 Å². The second-order valence-electron chi connectivity index (χ2n) is 3.33. The topological polar surface area (TPSA) is 17.1 Å². The summed E-state index contributed by atoms with van der Waals surface area (Å²) >= 11 is 0. The average molecular weight is 188 g/mol. The fraction of sp³-hybridized carbons (Fsp3) is 0.308. The van der Waals surface area contributed by atoms with Crippen molar-refractivity contribution < 1.29 is 4.79 Å². The van der Waals surface area contributed by atoms with Crippen LogP contribution in [0.2, 0.25) is 0 Å². The van der Waals surface area contributed by atoms with Crippen LogP contribution in [0.15, 0.2) is 30.3 Å². The van der Waals surface area contributed by atoms with Crippen LogP contribution in [-0.2, 0) is 0 Å². The van der Waals surface area contributed by atoms with Crippen molar-refractivity contribution in [3.05, 3.63) is 41.5 Å². The van der Waals surface area contributed by atoms with Gasteiger partial charge in [0.25, 0.3) is 0 Å². The highest BCUT2D eigenvalue weighted by Gasteiger charge is 1.89. The zero-order valence-electron chi connectivity index (χ0n) is 8.57. The summed E-state index contributed by atoms with van der Waals surface area (Å²) in [4.78, 5) is 10.5. The number of hydrogen-bond acceptors (Lipinski definition) is 1. The summed E-state index contributed by atoms with van der Waals surface area (Å²) in [5, 5.41) is 0. The number of carbonyl (C=O) groups excluding carboxylic acids is 1. The van der Waals surface area contributed by atoms with E-state index in [2.05, 4.69) is 19.1 Å². The minimum Gasteiger partial charge on any atom is -0.298 e. The first-order valence-electron chi connectivity index (χ1n) is 5.08. The summed E-state index contributed by atoms with van der Waals surface area (Å²) < 4.78 is 0. The van der Waals surface area contributed by atoms with E-state index in [0.717, 1.165) is 23.8 Å². The predicted molar refractivity (Wildman–Crippen MR) is 60.4 cm³/mol. The van der Waals surface area contributed by atoms with E-state index in [1.165, 1.54) is 12.8 Å². The normalized spacial score (nSPS) is 10.6. The molecule has 0 saturated heterocycles. The largest absolute Gasteiger partial charge is 0.298 e. The molecule has 0 fully saturated rings. The first-order chi connectivity index (χ1) is 6.86. The van der Waals surface area contributed by atoms with Gasteiger partial charge < -0.3 is 0 Å². The van der Waals surface area contributed by atoms with E-state index >= 15 is 0 Å². The molecule has 0 atom stereocenters. The minimum atomic E-state index is 0.739. The number of carbonyl (C=O) groups is 1. The van der Waals surface area contributed by atoms with Gasteiger partial charge in [-0.2, -0.15) is 0 Å². The Morgan fingerprint density at radius 1 is 1.29 bits per heavy atom. The highest BCUT2D eigenvalue weighted by Crippen LogP contribution is 2.06. The quantitative estimate of drug-likeness (QED) is 0.508. The van der Waals surface area contributed by atoms with Crippen molar-refractivity contribution in [2.75, 3.05) is 0 Å². The molecule has 1 rings (SSSR count). The lowest BCUT2D eigenvalue weighted by Crippen LogP contribution is -1.79. The van der Waals surface area contributed by atoms with Crippen molar-refractivity contribution in [1.29, 1.82) is 0 Å². The smallest absolute Gasteiger partial charge is 0.150 e. The van der Waals surface area contributed by atoms with Crippen LogP contribution in [-0.4, -0.2) is 6.29 Å². The van der Waals surface area contributed by atoms with Gasteiger partial charge in [-0.15, -0.1) is 0 Å². The summed E-state index contributed by atoms with van der Waals surface area (Å²) in [6.07, 6.45) is 8.67.